The van der Waals surface area contributed by atoms with Gasteiger partial charge in [-0.15, -0.1) is 0 Å². The summed E-state index contributed by atoms with van der Waals surface area (Å²) >= 11 is 0. The topological polar surface area (TPSA) is 34.5 Å². The molecular formula is C28H34F2N2O. The molecule has 1 aromatic carbocycles. The van der Waals surface area contributed by atoms with Crippen LogP contribution in [-0.4, -0.2) is 24.9 Å². The van der Waals surface area contributed by atoms with Crippen molar-refractivity contribution in [2.24, 2.45) is 16.8 Å². The van der Waals surface area contributed by atoms with Crippen molar-refractivity contribution >= 4 is 11.3 Å². The maximum absolute atomic E-state index is 14.9. The minimum atomic E-state index is -0.549. The molecule has 0 N–H and O–H groups in total. The lowest BCUT2D eigenvalue weighted by atomic mass is 9.70. The number of hydrogen-bond donors (Lipinski definition) is 0. The number of nitrogens with zero attached hydrogens (tertiary/aromatic N) is 2. The molecule has 1 heterocycles. The van der Waals surface area contributed by atoms with Crippen molar-refractivity contribution in [3.63, 3.8) is 0 Å². The number of hydrogen-bond acceptors (Lipinski definition) is 3. The maximum Gasteiger partial charge on any atom is 0.213 e. The van der Waals surface area contributed by atoms with E-state index in [1.807, 2.05) is 38.1 Å². The fraction of sp³-hybridized carbons (Fsp3) is 0.429. The molecule has 0 spiro atoms. The predicted octanol–water partition coefficient (Wildman–Crippen LogP) is 7.40. The van der Waals surface area contributed by atoms with Crippen molar-refractivity contribution < 1.29 is 13.5 Å². The van der Waals surface area contributed by atoms with Crippen LogP contribution < -0.4 is 4.74 Å². The van der Waals surface area contributed by atoms with Gasteiger partial charge in [-0.05, 0) is 73.4 Å². The van der Waals surface area contributed by atoms with E-state index < -0.39 is 11.6 Å². The van der Waals surface area contributed by atoms with E-state index in [4.69, 9.17) is 9.73 Å². The molecule has 0 radical (unpaired) electrons. The second-order valence-electron chi connectivity index (χ2n) is 8.94. The van der Waals surface area contributed by atoms with Crippen LogP contribution in [0.2, 0.25) is 0 Å². The fourth-order valence-corrected chi connectivity index (χ4v) is 4.72. The summed E-state index contributed by atoms with van der Waals surface area (Å²) in [5.74, 6) is 0.0661. The van der Waals surface area contributed by atoms with Crippen LogP contribution in [-0.2, 0) is 0 Å². The van der Waals surface area contributed by atoms with Gasteiger partial charge in [-0.25, -0.2) is 13.8 Å². The van der Waals surface area contributed by atoms with E-state index in [0.29, 0.717) is 23.8 Å². The molecule has 0 bridgehead atoms. The minimum absolute atomic E-state index is 0.000000105. The third kappa shape index (κ3) is 5.23. The number of aliphatic imine (C=N–C) groups is 1. The van der Waals surface area contributed by atoms with E-state index in [-0.39, 0.29) is 17.4 Å². The lowest BCUT2D eigenvalue weighted by Gasteiger charge is -2.35. The van der Waals surface area contributed by atoms with E-state index >= 15 is 0 Å². The zero-order valence-electron chi connectivity index (χ0n) is 20.5. The Morgan fingerprint density at radius 1 is 1.15 bits per heavy atom. The predicted molar refractivity (Wildman–Crippen MR) is 132 cm³/mol. The van der Waals surface area contributed by atoms with Crippen molar-refractivity contribution in [2.75, 3.05) is 14.2 Å². The third-order valence-electron chi connectivity index (χ3n) is 6.67. The molecule has 1 aliphatic carbocycles. The Morgan fingerprint density at radius 3 is 2.39 bits per heavy atom. The zero-order chi connectivity index (χ0) is 24.1. The molecule has 2 aromatic rings. The summed E-state index contributed by atoms with van der Waals surface area (Å²) < 4.78 is 35.0. The summed E-state index contributed by atoms with van der Waals surface area (Å²) in [6.07, 6.45) is 4.54. The summed E-state index contributed by atoms with van der Waals surface area (Å²) in [7, 11) is 3.40. The zero-order valence-corrected chi connectivity index (χ0v) is 20.5. The van der Waals surface area contributed by atoms with Crippen molar-refractivity contribution in [2.45, 2.75) is 52.9 Å². The molecule has 1 aliphatic rings. The number of methoxy groups -OCH3 is 1. The van der Waals surface area contributed by atoms with Crippen LogP contribution in [0.5, 0.6) is 5.88 Å². The highest BCUT2D eigenvalue weighted by Crippen LogP contribution is 2.42. The molecule has 0 aliphatic heterocycles. The van der Waals surface area contributed by atoms with Crippen LogP contribution in [0.4, 0.5) is 8.78 Å². The normalized spacial score (nSPS) is 22.1. The Kier molecular flexibility index (Phi) is 8.17. The molecule has 5 heteroatoms. The molecular weight excluding hydrogens is 418 g/mol. The van der Waals surface area contributed by atoms with Gasteiger partial charge in [-0.2, -0.15) is 0 Å². The van der Waals surface area contributed by atoms with Crippen molar-refractivity contribution in [1.29, 1.82) is 0 Å². The highest BCUT2D eigenvalue weighted by Gasteiger charge is 2.35. The molecule has 176 valence electrons. The third-order valence-corrected chi connectivity index (χ3v) is 6.67. The molecule has 3 nitrogen and oxygen atoms in total. The second-order valence-corrected chi connectivity index (χ2v) is 8.94. The number of pyridine rings is 1. The van der Waals surface area contributed by atoms with Gasteiger partial charge < -0.3 is 4.74 Å². The lowest BCUT2D eigenvalue weighted by molar-refractivity contribution is 0.383. The maximum atomic E-state index is 14.9. The quantitative estimate of drug-likeness (QED) is 0.458. The SMILES string of the molecule is CC/C(C)=C(/C=C1\C(=NC)C(c2cccc(OC)n2)CC[C@@H]1C(C)C)c1c(F)cccc1F. The number of aromatic nitrogens is 1. The highest BCUT2D eigenvalue weighted by molar-refractivity contribution is 6.07. The standard InChI is InChI=1S/C28H34F2N2O/c1-7-18(4)21(27-23(29)10-8-11-24(27)30)16-22-19(17(2)3)14-15-20(28(22)31-5)25-12-9-13-26(32-25)33-6/h8-13,16-17,19-20H,7,14-15H2,1-6H3/b21-18-,22-16-,31-28?/t19-,20?/m1/s1. The molecule has 33 heavy (non-hydrogen) atoms. The van der Waals surface area contributed by atoms with Gasteiger partial charge in [0, 0.05) is 24.7 Å². The lowest BCUT2D eigenvalue weighted by Crippen LogP contribution is -2.30. The van der Waals surface area contributed by atoms with Gasteiger partial charge >= 0.3 is 0 Å². The van der Waals surface area contributed by atoms with Gasteiger partial charge in [0.2, 0.25) is 5.88 Å². The first-order valence-corrected chi connectivity index (χ1v) is 11.7. The first-order valence-electron chi connectivity index (χ1n) is 11.7. The van der Waals surface area contributed by atoms with Gasteiger partial charge in [-0.3, -0.25) is 4.99 Å². The summed E-state index contributed by atoms with van der Waals surface area (Å²) in [5.41, 5.74) is 4.44. The number of allylic oxidation sites excluding steroid dienone is 4. The Bertz CT molecular complexity index is 1060. The largest absolute Gasteiger partial charge is 0.481 e. The number of benzene rings is 1. The molecule has 3 rings (SSSR count). The van der Waals surface area contributed by atoms with E-state index in [1.165, 1.54) is 18.2 Å². The molecule has 0 saturated heterocycles. The fourth-order valence-electron chi connectivity index (χ4n) is 4.72. The van der Waals surface area contributed by atoms with E-state index in [0.717, 1.165) is 35.4 Å². The monoisotopic (exact) mass is 452 g/mol. The molecule has 2 atom stereocenters. The van der Waals surface area contributed by atoms with Crippen LogP contribution in [0.1, 0.15) is 64.1 Å². The van der Waals surface area contributed by atoms with Crippen molar-refractivity contribution in [1.82, 2.24) is 4.98 Å². The van der Waals surface area contributed by atoms with Gasteiger partial charge in [0.25, 0.3) is 0 Å². The highest BCUT2D eigenvalue weighted by atomic mass is 19.1. The van der Waals surface area contributed by atoms with Crippen LogP contribution in [0, 0.1) is 23.5 Å². The molecule has 1 fully saturated rings. The number of rotatable bonds is 6. The molecule has 0 amide bonds. The first kappa shape index (κ1) is 24.8. The molecule has 1 unspecified atom stereocenters. The van der Waals surface area contributed by atoms with Crippen LogP contribution in [0.25, 0.3) is 5.57 Å². The van der Waals surface area contributed by atoms with Gasteiger partial charge in [-0.1, -0.05) is 38.5 Å². The molecule has 1 aromatic heterocycles. The Labute approximate surface area is 196 Å². The van der Waals surface area contributed by atoms with Crippen molar-refractivity contribution in [3.05, 3.63) is 76.5 Å². The van der Waals surface area contributed by atoms with Crippen LogP contribution in [0.3, 0.4) is 0 Å². The van der Waals surface area contributed by atoms with Gasteiger partial charge in [0.15, 0.2) is 0 Å². The van der Waals surface area contributed by atoms with E-state index in [2.05, 4.69) is 18.8 Å². The van der Waals surface area contributed by atoms with Crippen LogP contribution >= 0.6 is 0 Å². The summed E-state index contributed by atoms with van der Waals surface area (Å²) in [6, 6.07) is 9.80. The Morgan fingerprint density at radius 2 is 1.82 bits per heavy atom. The van der Waals surface area contributed by atoms with Crippen molar-refractivity contribution in [3.8, 4) is 5.88 Å². The first-order chi connectivity index (χ1) is 15.8. The number of halogens is 2. The Balaban J connectivity index is 2.21. The minimum Gasteiger partial charge on any atom is -0.481 e. The summed E-state index contributed by atoms with van der Waals surface area (Å²) in [6.45, 7) is 8.33. The van der Waals surface area contributed by atoms with E-state index in [1.54, 1.807) is 14.2 Å². The smallest absolute Gasteiger partial charge is 0.213 e. The average molecular weight is 453 g/mol. The van der Waals surface area contributed by atoms with Gasteiger partial charge in [0.1, 0.15) is 11.6 Å². The second kappa shape index (κ2) is 10.9. The summed E-state index contributed by atoms with van der Waals surface area (Å²) in [5, 5.41) is 0. The Hall–Kier alpha value is -2.82. The average Bonchev–Trinajstić information content (AvgIpc) is 2.82. The molecule has 1 saturated carbocycles. The van der Waals surface area contributed by atoms with Gasteiger partial charge in [0.05, 0.1) is 18.4 Å². The van der Waals surface area contributed by atoms with Crippen LogP contribution in [0.15, 0.2) is 58.6 Å². The van der Waals surface area contributed by atoms with E-state index in [9.17, 15) is 8.78 Å². The number of ether oxygens (including phenoxy) is 1. The summed E-state index contributed by atoms with van der Waals surface area (Å²) in [4.78, 5) is 9.38.